The van der Waals surface area contributed by atoms with Crippen molar-refractivity contribution in [3.63, 3.8) is 0 Å². The van der Waals surface area contributed by atoms with Crippen LogP contribution in [0.25, 0.3) is 67.0 Å². The average molecular weight is 2030 g/mol. The number of nitrogens with zero attached hydrogens (tertiary/aromatic N) is 18. The van der Waals surface area contributed by atoms with Gasteiger partial charge in [0.15, 0.2) is 87.8 Å². The Balaban J connectivity index is 0.000000126. The van der Waals surface area contributed by atoms with E-state index in [0.29, 0.717) is 33.6 Å². The van der Waals surface area contributed by atoms with E-state index >= 15 is 0 Å². The molecular weight excluding hydrogens is 1950 g/mol. The molecule has 12 aromatic rings. The van der Waals surface area contributed by atoms with Crippen LogP contribution in [0.3, 0.4) is 0 Å². The molecule has 10 aliphatic rings. The fourth-order valence-corrected chi connectivity index (χ4v) is 23.4. The highest BCUT2D eigenvalue weighted by molar-refractivity contribution is 7.48. The Kier molecular flexibility index (Phi) is 23.9. The minimum absolute atomic E-state index is 0.0127. The summed E-state index contributed by atoms with van der Waals surface area (Å²) in [5.74, 6) is -0.674. The zero-order valence-corrected chi connectivity index (χ0v) is 74.7. The number of H-pyrrole nitrogens is 3. The number of ether oxygens (including phenoxy) is 7. The summed E-state index contributed by atoms with van der Waals surface area (Å²) >= 11 is 0. The topological polar surface area (TPSA) is 899 Å². The quantitative estimate of drug-likeness (QED) is 0.0803. The second kappa shape index (κ2) is 34.8. The molecule has 30 atom stereocenters. The highest BCUT2D eigenvalue weighted by Crippen LogP contribution is 2.61. The minimum Gasteiger partial charge on any atom is -0.397 e. The van der Waals surface area contributed by atoms with E-state index in [1.165, 1.54) is 116 Å². The highest BCUT2D eigenvalue weighted by atomic mass is 31.2. The molecule has 0 saturated carbocycles. The number of hydrogen-bond donors (Lipinski definition) is 18. The van der Waals surface area contributed by atoms with E-state index < -0.39 is 237 Å². The third-order valence-electron chi connectivity index (χ3n) is 23.3. The molecule has 22 heterocycles. The summed E-state index contributed by atoms with van der Waals surface area (Å²) in [7, 11) is -29.8. The van der Waals surface area contributed by atoms with E-state index in [4.69, 9.17) is 122 Å². The van der Waals surface area contributed by atoms with Crippen molar-refractivity contribution in [2.75, 3.05) is 67.4 Å². The first-order chi connectivity index (χ1) is 64.4. The molecule has 10 fully saturated rings. The molecule has 0 amide bonds. The number of aliphatic hydroxyl groups is 3. The first-order valence-corrected chi connectivity index (χ1v) is 49.4. The van der Waals surface area contributed by atoms with E-state index in [-0.39, 0.29) is 87.7 Å². The van der Waals surface area contributed by atoms with Gasteiger partial charge in [0.1, 0.15) is 102 Å². The number of nitrogens with one attached hydrogen (secondary N) is 3. The number of aliphatic hydroxyl groups excluding tert-OH is 3. The molecule has 10 saturated heterocycles. The number of aromatic amines is 3. The van der Waals surface area contributed by atoms with Gasteiger partial charge < -0.3 is 112 Å². The van der Waals surface area contributed by atoms with Crippen molar-refractivity contribution < 1.29 is 160 Å². The van der Waals surface area contributed by atoms with Crippen LogP contribution in [-0.4, -0.2) is 289 Å². The molecule has 70 heteroatoms. The van der Waals surface area contributed by atoms with Gasteiger partial charge in [0, 0.05) is 31.4 Å². The van der Waals surface area contributed by atoms with Crippen molar-refractivity contribution in [1.29, 1.82) is 0 Å². The second-order valence-electron chi connectivity index (χ2n) is 32.3. The number of anilines is 6. The van der Waals surface area contributed by atoms with Gasteiger partial charge in [-0.2, -0.15) is 15.0 Å². The lowest BCUT2D eigenvalue weighted by Gasteiger charge is -2.43. The standard InChI is InChI=1S/C22H25N9O13P2.2C22H27N9O12P2/c23-8-1-2-25-16-10(8)26-6-30(16)19-12(32)13-9(41-19)3-39-45(34,35)44-14-15-22(4-38-15,5-40-46(36,37)43-13)42-20(14)31-7-27-11-17(31)28-21(24)29-18(11)33;2*1-8-15-16(14(32)21(40-15)30-6-26-12-10(23)2-3-25-17(12)30)43-44(34,35)38-5-9-4-11(42-45(36,37)41-8)20(39-9)31-7-27-13-18(31)28-22(24)29-19(13)33/h1-2,6-7,9,12-15,19-20,32H,3-5H2,(H2,23,25)(H,34,35)(H,36,37)(H3,24,28,29,33);2*2-3,6-9,11,14-16,20-21,32H,4-5H2,1H3,(H2,23,25)(H,34,35)(H,36,37)(H3,24,28,29,33)/t9-,12?,13+,14?,15-,19-,20-,22-;8-,9+,11-,14-,15-,16+,20-,21-;8-,9-,11+,14+,15-,16-,20+,21+/m110/s1. The summed E-state index contributed by atoms with van der Waals surface area (Å²) in [6, 6.07) is 4.58. The second-order valence-corrected chi connectivity index (χ2v) is 40.6. The predicted molar refractivity (Wildman–Crippen MR) is 446 cm³/mol. The summed E-state index contributed by atoms with van der Waals surface area (Å²) in [5.41, 5.74) is 33.7. The van der Waals surface area contributed by atoms with E-state index in [1.807, 2.05) is 0 Å². The van der Waals surface area contributed by atoms with Crippen molar-refractivity contribution in [1.82, 2.24) is 102 Å². The van der Waals surface area contributed by atoms with Crippen LogP contribution in [0.2, 0.25) is 0 Å². The van der Waals surface area contributed by atoms with Gasteiger partial charge in [0.25, 0.3) is 16.7 Å². The Morgan fingerprint density at radius 2 is 0.699 bits per heavy atom. The maximum absolute atomic E-state index is 13.4. The Morgan fingerprint density at radius 1 is 0.360 bits per heavy atom. The number of nitrogen functional groups attached to an aromatic ring is 6. The average Bonchev–Trinajstić information content (AvgIpc) is 1.57. The van der Waals surface area contributed by atoms with Gasteiger partial charge in [-0.05, 0) is 32.0 Å². The molecule has 12 aromatic heterocycles. The third kappa shape index (κ3) is 17.4. The molecule has 24 N–H and O–H groups in total. The van der Waals surface area contributed by atoms with Crippen molar-refractivity contribution >= 4 is 149 Å². The molecule has 0 aromatic carbocycles. The lowest BCUT2D eigenvalue weighted by molar-refractivity contribution is -0.244. The van der Waals surface area contributed by atoms with Gasteiger partial charge in [-0.1, -0.05) is 0 Å². The van der Waals surface area contributed by atoms with Crippen molar-refractivity contribution in [2.45, 2.75) is 173 Å². The van der Waals surface area contributed by atoms with Crippen LogP contribution >= 0.6 is 46.9 Å². The number of rotatable bonds is 6. The van der Waals surface area contributed by atoms with Gasteiger partial charge in [0.2, 0.25) is 17.8 Å². The number of imidazole rings is 6. The maximum atomic E-state index is 13.4. The first kappa shape index (κ1) is 93.6. The number of phosphoric ester groups is 6. The number of fused-ring (bicyclic) bond motifs is 13. The molecule has 730 valence electrons. The SMILES string of the molecule is C[C@@H]1OP(=O)(O)O[C@@H]2C[C@@H](COP(=O)(O)O[C@H]3[C@@H](O)[C@H](n4cnc5c(N)ccnc54)O[C@H]31)O[C@H]2n1cnc2c(=O)[nH]c(N)nc21.C[C@H]1OP(=O)(O)O[C@@H]2C[C@@H](COP(=O)(O)O[C@H]3[C@@H](O)[C@H](n4cnc5c(N)ccnc54)O[C@@H]31)O[C@H]2n1cnc2c(=O)[nH]c(N)nc21.Nc1nc2c(ncn2[C@@H]2O[C@@]34CO[C@@H]3C2OP(=O)(O)OC[C@H]2O[C@@H](n3cnc5c(N)ccnc53)C(O)[C@H]2OP(=O)(O)OC4)c(=O)[nH]1. The van der Waals surface area contributed by atoms with Gasteiger partial charge in [-0.15, -0.1) is 0 Å². The number of pyridine rings is 3. The molecular formula is C66H79N27O37P6. The molecule has 6 bridgehead atoms. The predicted octanol–water partition coefficient (Wildman–Crippen LogP) is -1.97. The highest BCUT2D eigenvalue weighted by Gasteiger charge is 2.67. The van der Waals surface area contributed by atoms with Crippen LogP contribution in [0.1, 0.15) is 64.1 Å². The maximum Gasteiger partial charge on any atom is 0.472 e. The molecule has 8 unspecified atom stereocenters. The summed E-state index contributed by atoms with van der Waals surface area (Å²) in [4.78, 5) is 158. The Bertz CT molecular complexity index is 6930. The summed E-state index contributed by atoms with van der Waals surface area (Å²) in [5, 5.41) is 33.7. The van der Waals surface area contributed by atoms with Crippen LogP contribution in [0.15, 0.2) is 89.1 Å². The molecule has 0 aliphatic carbocycles. The van der Waals surface area contributed by atoms with Gasteiger partial charge in [-0.25, -0.2) is 72.2 Å². The molecule has 0 spiro atoms. The summed E-state index contributed by atoms with van der Waals surface area (Å²) in [6.07, 6.45) is -20.2. The van der Waals surface area contributed by atoms with E-state index in [9.17, 15) is 86.5 Å². The van der Waals surface area contributed by atoms with Crippen molar-refractivity contribution in [3.8, 4) is 0 Å². The minimum atomic E-state index is -5.02. The molecule has 136 heavy (non-hydrogen) atoms. The van der Waals surface area contributed by atoms with Crippen LogP contribution in [0.5, 0.6) is 0 Å². The van der Waals surface area contributed by atoms with Crippen LogP contribution in [0, 0.1) is 0 Å². The van der Waals surface area contributed by atoms with Gasteiger partial charge in [0.05, 0.1) is 112 Å². The molecule has 0 radical (unpaired) electrons. The fraction of sp³-hybridized carbons (Fsp3) is 0.500. The third-order valence-corrected chi connectivity index (χ3v) is 29.5. The number of hydrogen-bond acceptors (Lipinski definition) is 49. The van der Waals surface area contributed by atoms with Crippen molar-refractivity contribution in [3.05, 3.63) is 106 Å². The van der Waals surface area contributed by atoms with E-state index in [2.05, 4.69) is 74.8 Å². The Morgan fingerprint density at radius 3 is 1.09 bits per heavy atom. The lowest BCUT2D eigenvalue weighted by Crippen LogP contribution is -2.61. The van der Waals surface area contributed by atoms with E-state index in [0.717, 1.165) is 0 Å². The van der Waals surface area contributed by atoms with Crippen LogP contribution in [0.4, 0.5) is 34.9 Å². The van der Waals surface area contributed by atoms with Crippen molar-refractivity contribution in [2.24, 2.45) is 0 Å². The summed E-state index contributed by atoms with van der Waals surface area (Å²) in [6.45, 7) is -0.0588. The normalized spacial score (nSPS) is 38.4. The Labute approximate surface area is 754 Å². The zero-order valence-electron chi connectivity index (χ0n) is 69.3. The monoisotopic (exact) mass is 2030 g/mol. The molecule has 64 nitrogen and oxygen atoms in total. The first-order valence-electron chi connectivity index (χ1n) is 40.5. The van der Waals surface area contributed by atoms with Crippen LogP contribution in [-0.2, 0) is 115 Å². The lowest BCUT2D eigenvalue weighted by atomic mass is 9.91. The fourth-order valence-electron chi connectivity index (χ4n) is 17.3. The van der Waals surface area contributed by atoms with E-state index in [1.54, 1.807) is 0 Å². The molecule has 10 aliphatic heterocycles. The number of nitrogens with two attached hydrogens (primary N) is 6. The molecule has 22 rings (SSSR count). The Hall–Kier alpha value is -10.0. The van der Waals surface area contributed by atoms with Gasteiger partial charge >= 0.3 is 46.9 Å². The van der Waals surface area contributed by atoms with Crippen LogP contribution < -0.4 is 51.1 Å². The number of aromatic nitrogens is 21. The smallest absolute Gasteiger partial charge is 0.397 e. The summed E-state index contributed by atoms with van der Waals surface area (Å²) < 4.78 is 194. The zero-order chi connectivity index (χ0) is 95.8. The number of phosphoric acid groups is 6. The van der Waals surface area contributed by atoms with Gasteiger partial charge in [-0.3, -0.25) is 111 Å². The largest absolute Gasteiger partial charge is 0.472 e.